The molecule has 1 unspecified atom stereocenters. The van der Waals surface area contributed by atoms with Gasteiger partial charge in [0, 0.05) is 22.5 Å². The zero-order valence-electron chi connectivity index (χ0n) is 21.2. The van der Waals surface area contributed by atoms with Crippen molar-refractivity contribution in [2.45, 2.75) is 58.7 Å². The number of esters is 1. The van der Waals surface area contributed by atoms with E-state index in [-0.39, 0.29) is 17.9 Å². The zero-order valence-corrected chi connectivity index (χ0v) is 22.8. The molecule has 1 atom stereocenters. The van der Waals surface area contributed by atoms with Crippen molar-refractivity contribution in [1.82, 2.24) is 0 Å². The fraction of sp³-hybridized carbons (Fsp3) is 0.429. The number of benzene rings is 1. The van der Waals surface area contributed by atoms with Crippen molar-refractivity contribution in [3.8, 4) is 10.4 Å². The Kier molecular flexibility index (Phi) is 8.49. The number of methoxy groups -OCH3 is 1. The van der Waals surface area contributed by atoms with Crippen LogP contribution in [0.15, 0.2) is 47.8 Å². The smallest absolute Gasteiger partial charge is 0.350 e. The summed E-state index contributed by atoms with van der Waals surface area (Å²) in [4.78, 5) is 29.1. The van der Waals surface area contributed by atoms with E-state index in [2.05, 4.69) is 12.2 Å². The molecule has 0 saturated heterocycles. The molecule has 1 aromatic carbocycles. The summed E-state index contributed by atoms with van der Waals surface area (Å²) >= 11 is 2.76. The number of thiophene rings is 2. The maximum atomic E-state index is 12.8. The first kappa shape index (κ1) is 26.4. The van der Waals surface area contributed by atoms with Crippen molar-refractivity contribution in [2.75, 3.05) is 17.3 Å². The number of nitrogens with zero attached hydrogens (tertiary/aromatic N) is 1. The average Bonchev–Trinajstić information content (AvgIpc) is 3.55. The molecule has 0 spiro atoms. The van der Waals surface area contributed by atoms with Crippen molar-refractivity contribution in [3.05, 3.63) is 57.6 Å². The molecule has 2 aromatic heterocycles. The predicted octanol–water partition coefficient (Wildman–Crippen LogP) is 6.88. The molecule has 1 saturated carbocycles. The van der Waals surface area contributed by atoms with Gasteiger partial charge in [-0.15, -0.1) is 22.7 Å². The molecule has 192 valence electrons. The summed E-state index contributed by atoms with van der Waals surface area (Å²) in [5.74, 6) is 0.320. The third-order valence-corrected chi connectivity index (χ3v) is 8.88. The number of rotatable bonds is 8. The lowest BCUT2D eigenvalue weighted by molar-refractivity contribution is 0.0596. The van der Waals surface area contributed by atoms with E-state index >= 15 is 0 Å². The second-order valence-electron chi connectivity index (χ2n) is 9.76. The first-order valence-corrected chi connectivity index (χ1v) is 14.1. The van der Waals surface area contributed by atoms with E-state index in [1.165, 1.54) is 29.8 Å². The summed E-state index contributed by atoms with van der Waals surface area (Å²) < 4.78 is 5.11. The van der Waals surface area contributed by atoms with Crippen molar-refractivity contribution < 1.29 is 19.4 Å². The summed E-state index contributed by atoms with van der Waals surface area (Å²) in [6.45, 7) is 6.35. The maximum Gasteiger partial charge on any atom is 0.350 e. The number of hydrogen-bond acceptors (Lipinski definition) is 7. The number of ether oxygens (including phenoxy) is 1. The van der Waals surface area contributed by atoms with Gasteiger partial charge < -0.3 is 20.1 Å². The number of amides is 1. The van der Waals surface area contributed by atoms with Gasteiger partial charge in [0.1, 0.15) is 11.1 Å². The quantitative estimate of drug-likeness (QED) is 0.247. The molecule has 0 bridgehead atoms. The molecule has 4 rings (SSSR count). The van der Waals surface area contributed by atoms with Gasteiger partial charge in [0.05, 0.1) is 17.7 Å². The van der Waals surface area contributed by atoms with E-state index < -0.39 is 12.2 Å². The van der Waals surface area contributed by atoms with Gasteiger partial charge in [0.15, 0.2) is 0 Å². The fourth-order valence-corrected chi connectivity index (χ4v) is 6.51. The average molecular weight is 527 g/mol. The molecular formula is C28H34N2O4S2. The Balaban J connectivity index is 1.61. The lowest BCUT2D eigenvalue weighted by atomic mass is 9.81. The van der Waals surface area contributed by atoms with E-state index in [4.69, 9.17) is 4.74 Å². The van der Waals surface area contributed by atoms with E-state index in [9.17, 15) is 14.7 Å². The number of aliphatic hydroxyl groups is 1. The van der Waals surface area contributed by atoms with E-state index in [0.29, 0.717) is 27.0 Å². The highest BCUT2D eigenvalue weighted by Gasteiger charge is 2.33. The van der Waals surface area contributed by atoms with Gasteiger partial charge in [-0.1, -0.05) is 38.0 Å². The molecule has 2 heterocycles. The summed E-state index contributed by atoms with van der Waals surface area (Å²) in [5, 5.41) is 16.2. The first-order chi connectivity index (χ1) is 17.3. The lowest BCUT2D eigenvalue weighted by Gasteiger charge is -2.40. The molecule has 0 radical (unpaired) electrons. The van der Waals surface area contributed by atoms with Crippen LogP contribution in [0.25, 0.3) is 10.4 Å². The number of aliphatic hydroxyl groups excluding tert-OH is 1. The molecule has 6 nitrogen and oxygen atoms in total. The number of carbonyl (C=O) groups is 2. The Morgan fingerprint density at radius 2 is 1.81 bits per heavy atom. The molecule has 1 aliphatic carbocycles. The van der Waals surface area contributed by atoms with Crippen molar-refractivity contribution in [3.63, 3.8) is 0 Å². The van der Waals surface area contributed by atoms with Crippen LogP contribution in [-0.2, 0) is 4.74 Å². The van der Waals surface area contributed by atoms with E-state index in [1.54, 1.807) is 6.07 Å². The third-order valence-electron chi connectivity index (χ3n) is 6.86. The largest absolute Gasteiger partial charge is 0.465 e. The van der Waals surface area contributed by atoms with Gasteiger partial charge in [0.2, 0.25) is 0 Å². The van der Waals surface area contributed by atoms with E-state index in [0.717, 1.165) is 36.1 Å². The highest BCUT2D eigenvalue weighted by atomic mass is 32.1. The van der Waals surface area contributed by atoms with Crippen molar-refractivity contribution in [1.29, 1.82) is 0 Å². The van der Waals surface area contributed by atoms with Crippen LogP contribution in [-0.4, -0.2) is 36.4 Å². The SMILES string of the molecule is COC(=O)c1sc(-c2ccc(NC(=O)c3cccs3)cc2)cc1N(C(C)C)C(O)[C@H]1CC[C@H](C)CC1. The van der Waals surface area contributed by atoms with Crippen molar-refractivity contribution in [2.24, 2.45) is 11.8 Å². The van der Waals surface area contributed by atoms with Gasteiger partial charge in [0.25, 0.3) is 5.91 Å². The topological polar surface area (TPSA) is 78.9 Å². The molecule has 0 aliphatic heterocycles. The van der Waals surface area contributed by atoms with Crippen LogP contribution in [0.1, 0.15) is 65.8 Å². The highest BCUT2D eigenvalue weighted by molar-refractivity contribution is 7.18. The molecule has 3 aromatic rings. The van der Waals surface area contributed by atoms with Crippen LogP contribution in [0.5, 0.6) is 0 Å². The summed E-state index contributed by atoms with van der Waals surface area (Å²) in [6, 6.07) is 13.2. The van der Waals surface area contributed by atoms with Gasteiger partial charge in [-0.3, -0.25) is 4.79 Å². The fourth-order valence-electron chi connectivity index (χ4n) is 4.81. The Labute approximate surface area is 220 Å². The van der Waals surface area contributed by atoms with E-state index in [1.807, 2.05) is 60.5 Å². The minimum Gasteiger partial charge on any atom is -0.465 e. The zero-order chi connectivity index (χ0) is 25.8. The van der Waals surface area contributed by atoms with Gasteiger partial charge >= 0.3 is 5.97 Å². The molecule has 1 aliphatic rings. The number of nitrogens with one attached hydrogen (secondary N) is 1. The summed E-state index contributed by atoms with van der Waals surface area (Å²) in [5.41, 5.74) is 2.33. The van der Waals surface area contributed by atoms with Crippen LogP contribution < -0.4 is 10.2 Å². The lowest BCUT2D eigenvalue weighted by Crippen LogP contribution is -2.46. The second kappa shape index (κ2) is 11.6. The molecule has 2 N–H and O–H groups in total. The predicted molar refractivity (Wildman–Crippen MR) is 148 cm³/mol. The number of carbonyl (C=O) groups excluding carboxylic acids is 2. The minimum atomic E-state index is -0.668. The van der Waals surface area contributed by atoms with Gasteiger partial charge in [-0.25, -0.2) is 4.79 Å². The number of anilines is 2. The van der Waals surface area contributed by atoms with Crippen LogP contribution in [0.2, 0.25) is 0 Å². The Hall–Kier alpha value is -2.68. The van der Waals surface area contributed by atoms with Gasteiger partial charge in [-0.05, 0) is 67.8 Å². The molecule has 1 fully saturated rings. The maximum absolute atomic E-state index is 12.8. The summed E-state index contributed by atoms with van der Waals surface area (Å²) in [7, 11) is 1.38. The Morgan fingerprint density at radius 1 is 1.11 bits per heavy atom. The van der Waals surface area contributed by atoms with Crippen LogP contribution in [0.4, 0.5) is 11.4 Å². The number of hydrogen-bond donors (Lipinski definition) is 2. The monoisotopic (exact) mass is 526 g/mol. The standard InChI is InChI=1S/C28H34N2O4S2/c1-17(2)30(27(32)20-9-7-18(3)8-10-20)22-16-24(36-25(22)28(33)34-4)19-11-13-21(14-12-19)29-26(31)23-6-5-15-35-23/h5-6,11-18,20,27,32H,7-10H2,1-4H3,(H,29,31)/t18-,20-,27?. The van der Waals surface area contributed by atoms with Crippen LogP contribution >= 0.6 is 22.7 Å². The molecule has 36 heavy (non-hydrogen) atoms. The third kappa shape index (κ3) is 5.82. The highest BCUT2D eigenvalue weighted by Crippen LogP contribution is 2.41. The Bertz CT molecular complexity index is 1160. The van der Waals surface area contributed by atoms with Crippen LogP contribution in [0.3, 0.4) is 0 Å². The molecule has 1 amide bonds. The second-order valence-corrected chi connectivity index (χ2v) is 11.8. The van der Waals surface area contributed by atoms with Crippen LogP contribution in [0, 0.1) is 11.8 Å². The minimum absolute atomic E-state index is 0.0000427. The normalized spacial score (nSPS) is 18.6. The summed E-state index contributed by atoms with van der Waals surface area (Å²) in [6.07, 6.45) is 3.52. The van der Waals surface area contributed by atoms with Crippen molar-refractivity contribution >= 4 is 45.9 Å². The molecule has 8 heteroatoms. The first-order valence-electron chi connectivity index (χ1n) is 12.4. The Morgan fingerprint density at radius 3 is 2.39 bits per heavy atom. The molecular weight excluding hydrogens is 492 g/mol. The van der Waals surface area contributed by atoms with Gasteiger partial charge in [-0.2, -0.15) is 0 Å².